The molecule has 0 saturated carbocycles. The summed E-state index contributed by atoms with van der Waals surface area (Å²) in [6.07, 6.45) is 7.14. The van der Waals surface area contributed by atoms with Gasteiger partial charge in [-0.1, -0.05) is 0 Å². The Morgan fingerprint density at radius 1 is 0.935 bits per heavy atom. The minimum absolute atomic E-state index is 0.292. The summed E-state index contributed by atoms with van der Waals surface area (Å²) in [4.78, 5) is 17.1. The van der Waals surface area contributed by atoms with Crippen molar-refractivity contribution in [2.24, 2.45) is 7.05 Å². The summed E-state index contributed by atoms with van der Waals surface area (Å²) in [7, 11) is 1.87. The van der Waals surface area contributed by atoms with Gasteiger partial charge in [0, 0.05) is 36.0 Å². The molecule has 0 bridgehead atoms. The number of aromatic nitrogens is 8. The van der Waals surface area contributed by atoms with Crippen LogP contribution in [0.5, 0.6) is 0 Å². The van der Waals surface area contributed by atoms with Gasteiger partial charge in [0.05, 0.1) is 34.8 Å². The Balaban J connectivity index is 1.50. The largest absolute Gasteiger partial charge is 0.336 e. The van der Waals surface area contributed by atoms with Crippen LogP contribution < -0.4 is 0 Å². The number of hydrogen-bond donors (Lipinski definition) is 2. The number of aryl methyl sites for hydroxylation is 1. The third kappa shape index (κ3) is 2.86. The number of halogens is 1. The maximum absolute atomic E-state index is 13.3. The summed E-state index contributed by atoms with van der Waals surface area (Å²) in [6, 6.07) is 10.0. The van der Waals surface area contributed by atoms with Gasteiger partial charge in [-0.2, -0.15) is 10.2 Å². The number of fused-ring (bicyclic) bond motifs is 2. The molecule has 5 aromatic heterocycles. The minimum atomic E-state index is -0.292. The predicted molar refractivity (Wildman–Crippen MR) is 114 cm³/mol. The number of aromatic amines is 2. The average Bonchev–Trinajstić information content (AvgIpc) is 3.51. The van der Waals surface area contributed by atoms with Crippen molar-refractivity contribution in [2.75, 3.05) is 0 Å². The van der Waals surface area contributed by atoms with E-state index < -0.39 is 0 Å². The molecule has 0 amide bonds. The molecule has 0 spiro atoms. The van der Waals surface area contributed by atoms with Crippen LogP contribution in [0.1, 0.15) is 0 Å². The van der Waals surface area contributed by atoms with Crippen LogP contribution in [0.4, 0.5) is 4.39 Å². The Bertz CT molecular complexity index is 1560. The highest BCUT2D eigenvalue weighted by Crippen LogP contribution is 2.31. The number of benzene rings is 1. The van der Waals surface area contributed by atoms with Crippen LogP contribution in [0.15, 0.2) is 61.2 Å². The van der Waals surface area contributed by atoms with Crippen molar-refractivity contribution >= 4 is 21.9 Å². The zero-order valence-electron chi connectivity index (χ0n) is 16.3. The molecule has 0 aliphatic heterocycles. The first-order chi connectivity index (χ1) is 15.2. The zero-order chi connectivity index (χ0) is 20.9. The van der Waals surface area contributed by atoms with Crippen LogP contribution in [0.2, 0.25) is 0 Å². The molecule has 31 heavy (non-hydrogen) atoms. The molecule has 0 aliphatic carbocycles. The first-order valence-electron chi connectivity index (χ1n) is 9.60. The predicted octanol–water partition coefficient (Wildman–Crippen LogP) is 4.10. The second kappa shape index (κ2) is 6.56. The van der Waals surface area contributed by atoms with E-state index in [9.17, 15) is 4.39 Å². The van der Waals surface area contributed by atoms with Gasteiger partial charge in [-0.25, -0.2) is 9.37 Å². The summed E-state index contributed by atoms with van der Waals surface area (Å²) >= 11 is 0. The fourth-order valence-electron chi connectivity index (χ4n) is 3.68. The first-order valence-corrected chi connectivity index (χ1v) is 9.60. The minimum Gasteiger partial charge on any atom is -0.336 e. The molecule has 150 valence electrons. The Kier molecular flexibility index (Phi) is 3.69. The monoisotopic (exact) mass is 410 g/mol. The van der Waals surface area contributed by atoms with Gasteiger partial charge in [0.1, 0.15) is 17.0 Å². The SMILES string of the molecule is Cn1cc(-c2cc3c(-c4nc5c(-c6ccc(F)cc6)nccc5[nH]4)n[nH]c3cn2)cn1. The molecule has 0 atom stereocenters. The molecule has 0 unspecified atom stereocenters. The van der Waals surface area contributed by atoms with E-state index in [2.05, 4.69) is 30.2 Å². The Hall–Kier alpha value is -4.40. The Morgan fingerprint density at radius 2 is 1.81 bits per heavy atom. The second-order valence-electron chi connectivity index (χ2n) is 7.24. The van der Waals surface area contributed by atoms with Crippen molar-refractivity contribution in [1.82, 2.24) is 39.9 Å². The van der Waals surface area contributed by atoms with Crippen LogP contribution in [0, 0.1) is 5.82 Å². The lowest BCUT2D eigenvalue weighted by molar-refractivity contribution is 0.628. The lowest BCUT2D eigenvalue weighted by atomic mass is 10.1. The maximum atomic E-state index is 13.3. The van der Waals surface area contributed by atoms with Crippen LogP contribution in [-0.2, 0) is 7.05 Å². The lowest BCUT2D eigenvalue weighted by Gasteiger charge is -2.01. The fourth-order valence-corrected chi connectivity index (χ4v) is 3.68. The highest BCUT2D eigenvalue weighted by molar-refractivity contribution is 5.96. The highest BCUT2D eigenvalue weighted by Gasteiger charge is 2.17. The topological polar surface area (TPSA) is 101 Å². The summed E-state index contributed by atoms with van der Waals surface area (Å²) in [5.41, 5.74) is 6.20. The summed E-state index contributed by atoms with van der Waals surface area (Å²) < 4.78 is 15.1. The second-order valence-corrected chi connectivity index (χ2v) is 7.24. The molecule has 2 N–H and O–H groups in total. The maximum Gasteiger partial charge on any atom is 0.159 e. The Labute approximate surface area is 174 Å². The molecule has 0 radical (unpaired) electrons. The number of imidazole rings is 1. The molecule has 5 heterocycles. The van der Waals surface area contributed by atoms with E-state index in [1.54, 1.807) is 35.4 Å². The van der Waals surface area contributed by atoms with E-state index in [-0.39, 0.29) is 5.82 Å². The van der Waals surface area contributed by atoms with Crippen molar-refractivity contribution in [3.05, 3.63) is 67.0 Å². The van der Waals surface area contributed by atoms with E-state index in [0.717, 1.165) is 33.2 Å². The molecule has 0 aliphatic rings. The van der Waals surface area contributed by atoms with Crippen LogP contribution in [-0.4, -0.2) is 39.9 Å². The first kappa shape index (κ1) is 17.5. The molecule has 6 rings (SSSR count). The molecule has 9 heteroatoms. The molecule has 0 fully saturated rings. The molecule has 1 aromatic carbocycles. The number of rotatable bonds is 3. The van der Waals surface area contributed by atoms with Gasteiger partial charge in [-0.3, -0.25) is 19.7 Å². The van der Waals surface area contributed by atoms with Crippen molar-refractivity contribution in [1.29, 1.82) is 0 Å². The van der Waals surface area contributed by atoms with Gasteiger partial charge in [-0.05, 0) is 36.4 Å². The highest BCUT2D eigenvalue weighted by atomic mass is 19.1. The van der Waals surface area contributed by atoms with Gasteiger partial charge in [0.2, 0.25) is 0 Å². The summed E-state index contributed by atoms with van der Waals surface area (Å²) in [6.45, 7) is 0. The van der Waals surface area contributed by atoms with Crippen molar-refractivity contribution in [3.63, 3.8) is 0 Å². The van der Waals surface area contributed by atoms with Crippen LogP contribution in [0.3, 0.4) is 0 Å². The normalized spacial score (nSPS) is 11.5. The lowest BCUT2D eigenvalue weighted by Crippen LogP contribution is -1.86. The fraction of sp³-hybridized carbons (Fsp3) is 0.0455. The van der Waals surface area contributed by atoms with Crippen LogP contribution in [0.25, 0.3) is 56.0 Å². The van der Waals surface area contributed by atoms with E-state index in [1.807, 2.05) is 25.4 Å². The molecule has 0 saturated heterocycles. The quantitative estimate of drug-likeness (QED) is 0.457. The zero-order valence-corrected chi connectivity index (χ0v) is 16.3. The van der Waals surface area contributed by atoms with Crippen molar-refractivity contribution < 1.29 is 4.39 Å². The van der Waals surface area contributed by atoms with E-state index >= 15 is 0 Å². The third-order valence-corrected chi connectivity index (χ3v) is 5.19. The molecular weight excluding hydrogens is 395 g/mol. The average molecular weight is 410 g/mol. The number of pyridine rings is 2. The standard InChI is InChI=1S/C22H15FN8/c1-31-11-13(9-26-31)17-8-15-18(10-25-17)29-30-20(15)22-27-16-6-7-24-19(21(16)28-22)12-2-4-14(23)5-3-12/h2-11H,1H3,(H,27,28)(H,29,30). The number of nitrogens with one attached hydrogen (secondary N) is 2. The number of nitrogens with zero attached hydrogens (tertiary/aromatic N) is 6. The summed E-state index contributed by atoms with van der Waals surface area (Å²) in [5, 5.41) is 12.6. The Morgan fingerprint density at radius 3 is 2.61 bits per heavy atom. The summed E-state index contributed by atoms with van der Waals surface area (Å²) in [5.74, 6) is 0.320. The van der Waals surface area contributed by atoms with Gasteiger partial charge in [0.15, 0.2) is 5.82 Å². The van der Waals surface area contributed by atoms with Gasteiger partial charge in [-0.15, -0.1) is 0 Å². The molecular formula is C22H15FN8. The van der Waals surface area contributed by atoms with E-state index in [4.69, 9.17) is 4.98 Å². The van der Waals surface area contributed by atoms with Gasteiger partial charge in [0.25, 0.3) is 0 Å². The van der Waals surface area contributed by atoms with E-state index in [1.165, 1.54) is 12.1 Å². The number of hydrogen-bond acceptors (Lipinski definition) is 5. The van der Waals surface area contributed by atoms with E-state index in [0.29, 0.717) is 22.7 Å². The third-order valence-electron chi connectivity index (χ3n) is 5.19. The number of H-pyrrole nitrogens is 2. The van der Waals surface area contributed by atoms with Crippen LogP contribution >= 0.6 is 0 Å². The van der Waals surface area contributed by atoms with Crippen molar-refractivity contribution in [3.8, 4) is 34.0 Å². The molecule has 6 aromatic rings. The smallest absolute Gasteiger partial charge is 0.159 e. The molecule has 8 nitrogen and oxygen atoms in total. The van der Waals surface area contributed by atoms with Crippen molar-refractivity contribution in [2.45, 2.75) is 0 Å². The van der Waals surface area contributed by atoms with Gasteiger partial charge >= 0.3 is 0 Å². The van der Waals surface area contributed by atoms with Gasteiger partial charge < -0.3 is 4.98 Å².